The quantitative estimate of drug-likeness (QED) is 0.797. The molecule has 0 aliphatic heterocycles. The SMILES string of the molecule is CC[C@@H](Nc1cc(C)ccc1C)C(=O)O. The second-order valence-electron chi connectivity index (χ2n) is 3.76. The van der Waals surface area contributed by atoms with E-state index >= 15 is 0 Å². The van der Waals surface area contributed by atoms with Gasteiger partial charge in [0.2, 0.25) is 0 Å². The van der Waals surface area contributed by atoms with Crippen molar-refractivity contribution < 1.29 is 9.90 Å². The molecule has 0 aromatic heterocycles. The van der Waals surface area contributed by atoms with Crippen molar-refractivity contribution in [2.45, 2.75) is 33.2 Å². The number of rotatable bonds is 4. The number of aliphatic carboxylic acids is 1. The Hall–Kier alpha value is -1.51. The first kappa shape index (κ1) is 11.6. The van der Waals surface area contributed by atoms with Crippen molar-refractivity contribution >= 4 is 11.7 Å². The molecule has 0 aliphatic carbocycles. The Morgan fingerprint density at radius 1 is 1.47 bits per heavy atom. The Bertz CT molecular complexity index is 361. The summed E-state index contributed by atoms with van der Waals surface area (Å²) in [6.45, 7) is 5.82. The van der Waals surface area contributed by atoms with Gasteiger partial charge in [0, 0.05) is 5.69 Å². The first-order chi connectivity index (χ1) is 7.04. The standard InChI is InChI=1S/C12H17NO2/c1-4-10(12(14)15)13-11-7-8(2)5-6-9(11)3/h5-7,10,13H,4H2,1-3H3,(H,14,15)/t10-/m1/s1. The molecule has 0 spiro atoms. The smallest absolute Gasteiger partial charge is 0.326 e. The van der Waals surface area contributed by atoms with Gasteiger partial charge in [0.15, 0.2) is 0 Å². The van der Waals surface area contributed by atoms with Crippen LogP contribution in [0.3, 0.4) is 0 Å². The summed E-state index contributed by atoms with van der Waals surface area (Å²) in [6, 6.07) is 5.47. The van der Waals surface area contributed by atoms with Gasteiger partial charge < -0.3 is 10.4 Å². The van der Waals surface area contributed by atoms with Gasteiger partial charge in [-0.2, -0.15) is 0 Å². The maximum Gasteiger partial charge on any atom is 0.326 e. The van der Waals surface area contributed by atoms with Gasteiger partial charge in [0.05, 0.1) is 0 Å². The molecule has 0 amide bonds. The molecule has 15 heavy (non-hydrogen) atoms. The molecule has 0 fully saturated rings. The van der Waals surface area contributed by atoms with Crippen LogP contribution in [0.25, 0.3) is 0 Å². The second-order valence-corrected chi connectivity index (χ2v) is 3.76. The fourth-order valence-electron chi connectivity index (χ4n) is 1.42. The highest BCUT2D eigenvalue weighted by Crippen LogP contribution is 2.18. The summed E-state index contributed by atoms with van der Waals surface area (Å²) >= 11 is 0. The van der Waals surface area contributed by atoms with Crippen LogP contribution in [0.2, 0.25) is 0 Å². The van der Waals surface area contributed by atoms with Crippen LogP contribution < -0.4 is 5.32 Å². The van der Waals surface area contributed by atoms with E-state index in [4.69, 9.17) is 5.11 Å². The molecule has 3 heteroatoms. The molecule has 0 radical (unpaired) electrons. The fourth-order valence-corrected chi connectivity index (χ4v) is 1.42. The maximum absolute atomic E-state index is 10.9. The number of aryl methyl sites for hydroxylation is 2. The lowest BCUT2D eigenvalue weighted by Crippen LogP contribution is -2.28. The minimum Gasteiger partial charge on any atom is -0.480 e. The Labute approximate surface area is 90.1 Å². The van der Waals surface area contributed by atoms with Crippen LogP contribution in [-0.4, -0.2) is 17.1 Å². The Kier molecular flexibility index (Phi) is 3.72. The molecule has 2 N–H and O–H groups in total. The van der Waals surface area contributed by atoms with Crippen LogP contribution in [0.1, 0.15) is 24.5 Å². The number of hydrogen-bond donors (Lipinski definition) is 2. The minimum atomic E-state index is -0.807. The van der Waals surface area contributed by atoms with Crippen molar-refractivity contribution in [1.29, 1.82) is 0 Å². The number of carboxylic acid groups (broad SMARTS) is 1. The lowest BCUT2D eigenvalue weighted by Gasteiger charge is -2.16. The molecular formula is C12H17NO2. The summed E-state index contributed by atoms with van der Waals surface area (Å²) in [5, 5.41) is 12.0. The molecule has 0 saturated heterocycles. The predicted molar refractivity (Wildman–Crippen MR) is 61.3 cm³/mol. The summed E-state index contributed by atoms with van der Waals surface area (Å²) in [7, 11) is 0. The zero-order chi connectivity index (χ0) is 11.4. The van der Waals surface area contributed by atoms with Crippen LogP contribution in [-0.2, 0) is 4.79 Å². The molecule has 3 nitrogen and oxygen atoms in total. The van der Waals surface area contributed by atoms with Gasteiger partial charge in [-0.25, -0.2) is 4.79 Å². The molecule has 0 unspecified atom stereocenters. The van der Waals surface area contributed by atoms with Crippen LogP contribution in [0, 0.1) is 13.8 Å². The number of carbonyl (C=O) groups is 1. The lowest BCUT2D eigenvalue weighted by atomic mass is 10.1. The minimum absolute atomic E-state index is 0.509. The van der Waals surface area contributed by atoms with Gasteiger partial charge in [0.25, 0.3) is 0 Å². The van der Waals surface area contributed by atoms with Crippen molar-refractivity contribution in [2.24, 2.45) is 0 Å². The van der Waals surface area contributed by atoms with E-state index in [1.54, 1.807) is 0 Å². The van der Waals surface area contributed by atoms with Gasteiger partial charge in [0.1, 0.15) is 6.04 Å². The van der Waals surface area contributed by atoms with Crippen molar-refractivity contribution in [3.8, 4) is 0 Å². The third kappa shape index (κ3) is 2.98. The summed E-state index contributed by atoms with van der Waals surface area (Å²) in [6.07, 6.45) is 0.572. The zero-order valence-electron chi connectivity index (χ0n) is 9.37. The molecule has 0 bridgehead atoms. The van der Waals surface area contributed by atoms with E-state index in [1.165, 1.54) is 0 Å². The van der Waals surface area contributed by atoms with Crippen LogP contribution >= 0.6 is 0 Å². The highest BCUT2D eigenvalue weighted by Gasteiger charge is 2.14. The molecule has 0 saturated carbocycles. The molecule has 1 atom stereocenters. The molecular weight excluding hydrogens is 190 g/mol. The van der Waals surface area contributed by atoms with Crippen LogP contribution in [0.4, 0.5) is 5.69 Å². The number of hydrogen-bond acceptors (Lipinski definition) is 2. The second kappa shape index (κ2) is 4.82. The van der Waals surface area contributed by atoms with E-state index in [2.05, 4.69) is 5.32 Å². The summed E-state index contributed by atoms with van der Waals surface area (Å²) in [5.74, 6) is -0.807. The first-order valence-electron chi connectivity index (χ1n) is 5.11. The van der Waals surface area contributed by atoms with Gasteiger partial charge in [-0.1, -0.05) is 19.1 Å². The molecule has 82 valence electrons. The van der Waals surface area contributed by atoms with Gasteiger partial charge in [-0.05, 0) is 37.5 Å². The zero-order valence-corrected chi connectivity index (χ0v) is 9.37. The van der Waals surface area contributed by atoms with Gasteiger partial charge >= 0.3 is 5.97 Å². The Balaban J connectivity index is 2.87. The van der Waals surface area contributed by atoms with Crippen LogP contribution in [0.15, 0.2) is 18.2 Å². The van der Waals surface area contributed by atoms with E-state index in [-0.39, 0.29) is 0 Å². The van der Waals surface area contributed by atoms with Crippen molar-refractivity contribution in [3.05, 3.63) is 29.3 Å². The largest absolute Gasteiger partial charge is 0.480 e. The summed E-state index contributed by atoms with van der Waals surface area (Å²) < 4.78 is 0. The topological polar surface area (TPSA) is 49.3 Å². The van der Waals surface area contributed by atoms with E-state index in [1.807, 2.05) is 39.0 Å². The molecule has 1 aromatic carbocycles. The van der Waals surface area contributed by atoms with E-state index in [0.717, 1.165) is 16.8 Å². The van der Waals surface area contributed by atoms with E-state index in [9.17, 15) is 4.79 Å². The lowest BCUT2D eigenvalue weighted by molar-refractivity contribution is -0.137. The van der Waals surface area contributed by atoms with Gasteiger partial charge in [-0.3, -0.25) is 0 Å². The highest BCUT2D eigenvalue weighted by molar-refractivity contribution is 5.77. The maximum atomic E-state index is 10.9. The number of anilines is 1. The van der Waals surface area contributed by atoms with Gasteiger partial charge in [-0.15, -0.1) is 0 Å². The van der Waals surface area contributed by atoms with Crippen molar-refractivity contribution in [3.63, 3.8) is 0 Å². The predicted octanol–water partition coefficient (Wildman–Crippen LogP) is 2.58. The van der Waals surface area contributed by atoms with E-state index in [0.29, 0.717) is 6.42 Å². The monoisotopic (exact) mass is 207 g/mol. The third-order valence-corrected chi connectivity index (χ3v) is 2.43. The third-order valence-electron chi connectivity index (χ3n) is 2.43. The molecule has 1 rings (SSSR count). The number of nitrogens with one attached hydrogen (secondary N) is 1. The molecule has 0 heterocycles. The summed E-state index contributed by atoms with van der Waals surface area (Å²) in [4.78, 5) is 10.9. The molecule has 0 aliphatic rings. The van der Waals surface area contributed by atoms with Crippen LogP contribution in [0.5, 0.6) is 0 Å². The van der Waals surface area contributed by atoms with E-state index < -0.39 is 12.0 Å². The highest BCUT2D eigenvalue weighted by atomic mass is 16.4. The average Bonchev–Trinajstić information content (AvgIpc) is 2.18. The number of benzene rings is 1. The molecule has 1 aromatic rings. The number of carboxylic acids is 1. The fraction of sp³-hybridized carbons (Fsp3) is 0.417. The normalized spacial score (nSPS) is 12.2. The Morgan fingerprint density at radius 2 is 2.13 bits per heavy atom. The van der Waals surface area contributed by atoms with Crippen molar-refractivity contribution in [2.75, 3.05) is 5.32 Å². The average molecular weight is 207 g/mol. The van der Waals surface area contributed by atoms with Crippen molar-refractivity contribution in [1.82, 2.24) is 0 Å². The summed E-state index contributed by atoms with van der Waals surface area (Å²) in [5.41, 5.74) is 3.10. The Morgan fingerprint density at radius 3 is 2.67 bits per heavy atom. The first-order valence-corrected chi connectivity index (χ1v) is 5.11.